The molecule has 0 saturated heterocycles. The molecule has 0 bridgehead atoms. The lowest BCUT2D eigenvalue weighted by atomic mass is 10.1. The van der Waals surface area contributed by atoms with Crippen LogP contribution in [0.3, 0.4) is 0 Å². The highest BCUT2D eigenvalue weighted by Gasteiger charge is 2.01. The minimum atomic E-state index is 0.525. The summed E-state index contributed by atoms with van der Waals surface area (Å²) in [5.41, 5.74) is 1.38. The molecule has 72 valence electrons. The second-order valence-electron chi connectivity index (χ2n) is 3.73. The van der Waals surface area contributed by atoms with E-state index in [1.54, 1.807) is 0 Å². The predicted molar refractivity (Wildman–Crippen MR) is 55.4 cm³/mol. The molecule has 0 aliphatic heterocycles. The van der Waals surface area contributed by atoms with Crippen LogP contribution in [0.2, 0.25) is 0 Å². The lowest BCUT2D eigenvalue weighted by molar-refractivity contribution is 0.382. The summed E-state index contributed by atoms with van der Waals surface area (Å²) in [7, 11) is 6.23. The van der Waals surface area contributed by atoms with Crippen LogP contribution in [0.1, 0.15) is 20.3 Å². The van der Waals surface area contributed by atoms with Crippen molar-refractivity contribution in [1.82, 2.24) is 10.2 Å². The molecule has 0 aliphatic carbocycles. The van der Waals surface area contributed by atoms with Crippen molar-refractivity contribution in [3.63, 3.8) is 0 Å². The fourth-order valence-electron chi connectivity index (χ4n) is 1.11. The van der Waals surface area contributed by atoms with Crippen molar-refractivity contribution in [3.05, 3.63) is 11.6 Å². The molecule has 0 aromatic rings. The first-order valence-electron chi connectivity index (χ1n) is 4.53. The minimum absolute atomic E-state index is 0.525. The Kier molecular flexibility index (Phi) is 6.03. The molecule has 0 amide bonds. The Morgan fingerprint density at radius 1 is 1.42 bits per heavy atom. The van der Waals surface area contributed by atoms with Gasteiger partial charge >= 0.3 is 0 Å². The van der Waals surface area contributed by atoms with Gasteiger partial charge in [-0.05, 0) is 48.0 Å². The van der Waals surface area contributed by atoms with E-state index in [1.807, 2.05) is 7.05 Å². The molecule has 1 N–H and O–H groups in total. The molecule has 0 fully saturated rings. The fraction of sp³-hybridized carbons (Fsp3) is 0.800. The van der Waals surface area contributed by atoms with Gasteiger partial charge < -0.3 is 10.2 Å². The monoisotopic (exact) mass is 170 g/mol. The summed E-state index contributed by atoms with van der Waals surface area (Å²) in [5, 5.41) is 3.29. The summed E-state index contributed by atoms with van der Waals surface area (Å²) in [6.45, 7) is 5.41. The quantitative estimate of drug-likeness (QED) is 0.629. The van der Waals surface area contributed by atoms with E-state index in [4.69, 9.17) is 0 Å². The van der Waals surface area contributed by atoms with Crippen molar-refractivity contribution in [2.75, 3.05) is 27.7 Å². The molecule has 0 aromatic heterocycles. The smallest absolute Gasteiger partial charge is 0.0261 e. The Morgan fingerprint density at radius 2 is 2.00 bits per heavy atom. The third-order valence-electron chi connectivity index (χ3n) is 1.79. The van der Waals surface area contributed by atoms with Crippen LogP contribution >= 0.6 is 0 Å². The molecule has 1 unspecified atom stereocenters. The number of rotatable bonds is 5. The average Bonchev–Trinajstić information content (AvgIpc) is 1.97. The molecule has 0 spiro atoms. The molecule has 0 rings (SSSR count). The first kappa shape index (κ1) is 11.7. The van der Waals surface area contributed by atoms with Crippen molar-refractivity contribution in [2.45, 2.75) is 26.3 Å². The molecular weight excluding hydrogens is 148 g/mol. The van der Waals surface area contributed by atoms with Crippen molar-refractivity contribution in [1.29, 1.82) is 0 Å². The van der Waals surface area contributed by atoms with Gasteiger partial charge in [0.25, 0.3) is 0 Å². The normalized spacial score (nSPS) is 13.2. The highest BCUT2D eigenvalue weighted by Crippen LogP contribution is 1.99. The Bertz CT molecular complexity index is 135. The second kappa shape index (κ2) is 6.21. The number of hydrogen-bond donors (Lipinski definition) is 1. The van der Waals surface area contributed by atoms with Crippen LogP contribution < -0.4 is 5.32 Å². The third-order valence-corrected chi connectivity index (χ3v) is 1.79. The molecule has 2 nitrogen and oxygen atoms in total. The van der Waals surface area contributed by atoms with E-state index >= 15 is 0 Å². The van der Waals surface area contributed by atoms with E-state index in [0.717, 1.165) is 6.54 Å². The van der Waals surface area contributed by atoms with Gasteiger partial charge in [0.05, 0.1) is 0 Å². The standard InChI is InChI=1S/C10H22N2/c1-9(2)8-10(11-3)6-7-12(4)5/h8,10-11H,6-7H2,1-5H3. The van der Waals surface area contributed by atoms with Crippen LogP contribution in [0.5, 0.6) is 0 Å². The summed E-state index contributed by atoms with van der Waals surface area (Å²) >= 11 is 0. The van der Waals surface area contributed by atoms with Crippen LogP contribution in [0.25, 0.3) is 0 Å². The molecule has 2 heteroatoms. The maximum Gasteiger partial charge on any atom is 0.0261 e. The Morgan fingerprint density at radius 3 is 2.33 bits per heavy atom. The van der Waals surface area contributed by atoms with E-state index in [-0.39, 0.29) is 0 Å². The van der Waals surface area contributed by atoms with Crippen LogP contribution in [-0.4, -0.2) is 38.6 Å². The van der Waals surface area contributed by atoms with E-state index in [2.05, 4.69) is 44.2 Å². The van der Waals surface area contributed by atoms with Crippen LogP contribution in [0, 0.1) is 0 Å². The summed E-state index contributed by atoms with van der Waals surface area (Å²) in [6, 6.07) is 0.525. The van der Waals surface area contributed by atoms with Crippen LogP contribution in [0.4, 0.5) is 0 Å². The van der Waals surface area contributed by atoms with E-state index < -0.39 is 0 Å². The van der Waals surface area contributed by atoms with Crippen LogP contribution in [0.15, 0.2) is 11.6 Å². The Labute approximate surface area is 76.6 Å². The van der Waals surface area contributed by atoms with Crippen molar-refractivity contribution >= 4 is 0 Å². The number of hydrogen-bond acceptors (Lipinski definition) is 2. The Hall–Kier alpha value is -0.340. The van der Waals surface area contributed by atoms with E-state index in [9.17, 15) is 0 Å². The minimum Gasteiger partial charge on any atom is -0.313 e. The zero-order valence-electron chi connectivity index (χ0n) is 9.02. The summed E-state index contributed by atoms with van der Waals surface area (Å²) in [5.74, 6) is 0. The summed E-state index contributed by atoms with van der Waals surface area (Å²) in [4.78, 5) is 2.21. The lowest BCUT2D eigenvalue weighted by Crippen LogP contribution is -2.27. The topological polar surface area (TPSA) is 15.3 Å². The third kappa shape index (κ3) is 6.38. The van der Waals surface area contributed by atoms with Gasteiger partial charge in [-0.25, -0.2) is 0 Å². The highest BCUT2D eigenvalue weighted by molar-refractivity contribution is 5.00. The maximum atomic E-state index is 3.29. The number of nitrogens with zero attached hydrogens (tertiary/aromatic N) is 1. The number of allylic oxidation sites excluding steroid dienone is 1. The van der Waals surface area contributed by atoms with Crippen LogP contribution in [-0.2, 0) is 0 Å². The molecule has 1 atom stereocenters. The molecule has 0 saturated carbocycles. The molecule has 0 aliphatic rings. The summed E-state index contributed by atoms with van der Waals surface area (Å²) in [6.07, 6.45) is 3.46. The van der Waals surface area contributed by atoms with Gasteiger partial charge in [-0.2, -0.15) is 0 Å². The average molecular weight is 170 g/mol. The zero-order chi connectivity index (χ0) is 9.56. The van der Waals surface area contributed by atoms with Gasteiger partial charge in [-0.3, -0.25) is 0 Å². The van der Waals surface area contributed by atoms with E-state index in [1.165, 1.54) is 12.0 Å². The van der Waals surface area contributed by atoms with Gasteiger partial charge in [-0.15, -0.1) is 0 Å². The molecule has 0 aromatic carbocycles. The summed E-state index contributed by atoms with van der Waals surface area (Å²) < 4.78 is 0. The number of nitrogens with one attached hydrogen (secondary N) is 1. The Balaban J connectivity index is 3.76. The fourth-order valence-corrected chi connectivity index (χ4v) is 1.11. The zero-order valence-corrected chi connectivity index (χ0v) is 9.02. The van der Waals surface area contributed by atoms with Gasteiger partial charge in [0.1, 0.15) is 0 Å². The lowest BCUT2D eigenvalue weighted by Gasteiger charge is -2.15. The predicted octanol–water partition coefficient (Wildman–Crippen LogP) is 1.49. The van der Waals surface area contributed by atoms with Crippen molar-refractivity contribution < 1.29 is 0 Å². The van der Waals surface area contributed by atoms with Gasteiger partial charge in [-0.1, -0.05) is 11.6 Å². The first-order chi connectivity index (χ1) is 5.56. The highest BCUT2D eigenvalue weighted by atomic mass is 15.1. The van der Waals surface area contributed by atoms with Gasteiger partial charge in [0, 0.05) is 6.04 Å². The van der Waals surface area contributed by atoms with Crippen molar-refractivity contribution in [2.24, 2.45) is 0 Å². The molecule has 12 heavy (non-hydrogen) atoms. The van der Waals surface area contributed by atoms with E-state index in [0.29, 0.717) is 6.04 Å². The molecule has 0 heterocycles. The van der Waals surface area contributed by atoms with Gasteiger partial charge in [0.15, 0.2) is 0 Å². The molecule has 0 radical (unpaired) electrons. The first-order valence-corrected chi connectivity index (χ1v) is 4.53. The second-order valence-corrected chi connectivity index (χ2v) is 3.73. The number of likely N-dealkylation sites (N-methyl/N-ethyl adjacent to an activating group) is 1. The van der Waals surface area contributed by atoms with Gasteiger partial charge in [0.2, 0.25) is 0 Å². The maximum absolute atomic E-state index is 3.29. The van der Waals surface area contributed by atoms with Crippen molar-refractivity contribution in [3.8, 4) is 0 Å². The SMILES string of the molecule is CNC(C=C(C)C)CCN(C)C. The largest absolute Gasteiger partial charge is 0.313 e. The molecular formula is C10H22N2.